The van der Waals surface area contributed by atoms with Crippen LogP contribution in [0.25, 0.3) is 0 Å². The number of unbranched alkanes of at least 4 members (excludes halogenated alkanes) is 4. The zero-order valence-electron chi connectivity index (χ0n) is 42.2. The van der Waals surface area contributed by atoms with Gasteiger partial charge in [-0.2, -0.15) is 0 Å². The monoisotopic (exact) mass is 856 g/mol. The van der Waals surface area contributed by atoms with E-state index in [0.717, 1.165) is 62.5 Å². The van der Waals surface area contributed by atoms with Crippen LogP contribution >= 0.6 is 0 Å². The maximum absolute atomic E-state index is 7.77. The number of hydrogen-bond acceptors (Lipinski definition) is 5. The van der Waals surface area contributed by atoms with Crippen LogP contribution < -0.4 is 9.68 Å². The molecule has 0 N–H and O–H groups in total. The number of hydroxylamine groups is 2. The summed E-state index contributed by atoms with van der Waals surface area (Å²) < 4.78 is 0. The lowest BCUT2D eigenvalue weighted by Crippen LogP contribution is -2.77. The van der Waals surface area contributed by atoms with E-state index in [0.29, 0.717) is 29.7 Å². The van der Waals surface area contributed by atoms with Gasteiger partial charge < -0.3 is 9.80 Å². The van der Waals surface area contributed by atoms with Gasteiger partial charge in [-0.15, -0.1) is 0 Å². The molecule has 4 aliphatic rings. The fourth-order valence-electron chi connectivity index (χ4n) is 12.7. The van der Waals surface area contributed by atoms with Crippen molar-refractivity contribution in [2.24, 2.45) is 23.7 Å². The summed E-state index contributed by atoms with van der Waals surface area (Å²) in [6, 6.07) is 11.0. The summed E-state index contributed by atoms with van der Waals surface area (Å²) in [6.07, 6.45) is 23.0. The molecule has 0 radical (unpaired) electrons. The van der Waals surface area contributed by atoms with E-state index in [2.05, 4.69) is 115 Å². The molecule has 0 bridgehead atoms. The summed E-state index contributed by atoms with van der Waals surface area (Å²) in [5.41, 5.74) is 8.50. The van der Waals surface area contributed by atoms with Crippen molar-refractivity contribution in [2.45, 2.75) is 222 Å². The third kappa shape index (κ3) is 11.3. The maximum atomic E-state index is 7.77. The molecule has 2 aromatic rings. The first-order chi connectivity index (χ1) is 30.0. The van der Waals surface area contributed by atoms with Gasteiger partial charge in [0.05, 0.1) is 12.6 Å². The molecule has 0 amide bonds. The van der Waals surface area contributed by atoms with Gasteiger partial charge in [-0.1, -0.05) is 137 Å². The van der Waals surface area contributed by atoms with Gasteiger partial charge in [-0.05, 0) is 169 Å². The van der Waals surface area contributed by atoms with Crippen LogP contribution in [0.2, 0.25) is 0 Å². The number of aryl methyl sites for hydroxylation is 2. The van der Waals surface area contributed by atoms with Crippen molar-refractivity contribution < 1.29 is 14.6 Å². The molecule has 3 aliphatic heterocycles. The molecule has 3 heterocycles. The van der Waals surface area contributed by atoms with Gasteiger partial charge in [0.2, 0.25) is 11.5 Å². The van der Waals surface area contributed by atoms with Crippen LogP contribution in [-0.4, -0.2) is 71.1 Å². The van der Waals surface area contributed by atoms with Crippen LogP contribution in [0.5, 0.6) is 11.5 Å². The predicted molar refractivity (Wildman–Crippen MR) is 263 cm³/mol. The van der Waals surface area contributed by atoms with Crippen LogP contribution in [0.4, 0.5) is 0 Å². The minimum atomic E-state index is 0.198. The number of hydrogen-bond donors (Lipinski definition) is 0. The van der Waals surface area contributed by atoms with Gasteiger partial charge in [-0.3, -0.25) is 0 Å². The first kappa shape index (κ1) is 49.3. The number of quaternary nitrogens is 1. The average Bonchev–Trinajstić information content (AvgIpc) is 3.39. The molecule has 1 spiro atoms. The second-order valence-corrected chi connectivity index (χ2v) is 21.0. The summed E-state index contributed by atoms with van der Waals surface area (Å²) in [6.45, 7) is 33.9. The molecular formula is C56H95N4O2+. The van der Waals surface area contributed by atoms with Crippen LogP contribution in [0.3, 0.4) is 0 Å². The lowest BCUT2D eigenvalue weighted by atomic mass is 9.69. The second kappa shape index (κ2) is 23.4. The highest BCUT2D eigenvalue weighted by Gasteiger charge is 2.65. The SMILES string of the molecule is CCCCCC(CCCCC)c1cc(C)c2c(c1)CC(C)C1CC3CCC(C(C)CC)CC3N3Cc4cc(C(CCCN(CC)CC)CCCN(CC)CC)cc(C)c4O[N+]13O2. The summed E-state index contributed by atoms with van der Waals surface area (Å²) in [7, 11) is 0. The Morgan fingerprint density at radius 1 is 0.661 bits per heavy atom. The van der Waals surface area contributed by atoms with Crippen molar-refractivity contribution in [3.63, 3.8) is 0 Å². The lowest BCUT2D eigenvalue weighted by Gasteiger charge is -2.56. The van der Waals surface area contributed by atoms with Crippen molar-refractivity contribution in [1.82, 2.24) is 14.8 Å². The Hall–Kier alpha value is -2.12. The topological polar surface area (TPSA) is 28.2 Å². The predicted octanol–water partition coefficient (Wildman–Crippen LogP) is 14.5. The van der Waals surface area contributed by atoms with Gasteiger partial charge in [-0.25, -0.2) is 9.68 Å². The van der Waals surface area contributed by atoms with Crippen LogP contribution in [-0.2, 0) is 13.0 Å². The third-order valence-corrected chi connectivity index (χ3v) is 17.0. The van der Waals surface area contributed by atoms with Crippen molar-refractivity contribution in [2.75, 3.05) is 39.3 Å². The summed E-state index contributed by atoms with van der Waals surface area (Å²) in [4.78, 5) is 20.9. The first-order valence-electron chi connectivity index (χ1n) is 26.8. The Morgan fingerprint density at radius 2 is 1.18 bits per heavy atom. The molecule has 6 heteroatoms. The maximum Gasteiger partial charge on any atom is 0.206 e. The quantitative estimate of drug-likeness (QED) is 0.0775. The Labute approximate surface area is 382 Å². The number of rotatable bonds is 24. The first-order valence-corrected chi connectivity index (χ1v) is 26.8. The molecule has 6 rings (SSSR count). The molecule has 1 aliphatic carbocycles. The van der Waals surface area contributed by atoms with E-state index in [1.165, 1.54) is 150 Å². The van der Waals surface area contributed by atoms with E-state index in [9.17, 15) is 0 Å². The van der Waals surface area contributed by atoms with Gasteiger partial charge in [0.1, 0.15) is 4.92 Å². The lowest BCUT2D eigenvalue weighted by molar-refractivity contribution is -1.30. The molecule has 7 unspecified atom stereocenters. The molecular weight excluding hydrogens is 761 g/mol. The van der Waals surface area contributed by atoms with Crippen LogP contribution in [0, 0.1) is 37.5 Å². The highest BCUT2D eigenvalue weighted by Crippen LogP contribution is 2.54. The van der Waals surface area contributed by atoms with E-state index in [-0.39, 0.29) is 11.0 Å². The Bertz CT molecular complexity index is 1640. The zero-order chi connectivity index (χ0) is 44.4. The summed E-state index contributed by atoms with van der Waals surface area (Å²) in [5, 5.41) is 2.78. The van der Waals surface area contributed by atoms with E-state index in [1.807, 2.05) is 0 Å². The van der Waals surface area contributed by atoms with E-state index in [1.54, 1.807) is 5.56 Å². The normalized spacial score (nSPS) is 25.2. The van der Waals surface area contributed by atoms with Crippen LogP contribution in [0.15, 0.2) is 24.3 Å². The highest BCUT2D eigenvalue weighted by molar-refractivity contribution is 5.47. The van der Waals surface area contributed by atoms with Crippen molar-refractivity contribution >= 4 is 0 Å². The van der Waals surface area contributed by atoms with E-state index < -0.39 is 0 Å². The Kier molecular flexibility index (Phi) is 18.6. The average molecular weight is 856 g/mol. The molecule has 0 aromatic heterocycles. The van der Waals surface area contributed by atoms with Crippen molar-refractivity contribution in [1.29, 1.82) is 0 Å². The fourth-order valence-corrected chi connectivity index (χ4v) is 12.7. The third-order valence-electron chi connectivity index (χ3n) is 17.0. The molecule has 1 saturated heterocycles. The molecule has 350 valence electrons. The standard InChI is InChI=1S/C56H95N4O2/c1-12-19-21-25-45(26-22-20-13-2)49-34-43(10)55-51(36-49)33-42(9)54-39-48-30-29-47(41(8)14-3)38-53(48)59-40-52-37-50(35-44(11)56(52)62-60(54,59)61-55)46(27-23-31-57(15-4)16-5)28-24-32-58(17-6)18-7/h34-37,41-42,45-48,53-54H,12-33,38-40H2,1-11H3/q+1. The summed E-state index contributed by atoms with van der Waals surface area (Å²) in [5.74, 6) is 6.00. The van der Waals surface area contributed by atoms with E-state index in [4.69, 9.17) is 9.68 Å². The largest absolute Gasteiger partial charge is 0.304 e. The molecule has 2 fully saturated rings. The smallest absolute Gasteiger partial charge is 0.206 e. The Morgan fingerprint density at radius 3 is 1.69 bits per heavy atom. The van der Waals surface area contributed by atoms with Crippen molar-refractivity contribution in [3.8, 4) is 11.5 Å². The Balaban J connectivity index is 1.39. The fraction of sp³-hybridized carbons (Fsp3) is 0.786. The van der Waals surface area contributed by atoms with Gasteiger partial charge in [0.15, 0.2) is 6.04 Å². The number of nitrogens with zero attached hydrogens (tertiary/aromatic N) is 4. The van der Waals surface area contributed by atoms with Crippen molar-refractivity contribution in [3.05, 3.63) is 57.6 Å². The number of fused-ring (bicyclic) bond motifs is 4. The molecule has 7 atom stereocenters. The minimum Gasteiger partial charge on any atom is -0.304 e. The molecule has 2 aromatic carbocycles. The minimum absolute atomic E-state index is 0.198. The van der Waals surface area contributed by atoms with Gasteiger partial charge in [0.25, 0.3) is 0 Å². The second-order valence-electron chi connectivity index (χ2n) is 21.0. The van der Waals surface area contributed by atoms with Gasteiger partial charge >= 0.3 is 0 Å². The highest BCUT2D eigenvalue weighted by atomic mass is 17.0. The summed E-state index contributed by atoms with van der Waals surface area (Å²) >= 11 is 0. The zero-order valence-corrected chi connectivity index (χ0v) is 42.2. The molecule has 6 nitrogen and oxygen atoms in total. The molecule has 1 saturated carbocycles. The van der Waals surface area contributed by atoms with Crippen LogP contribution in [0.1, 0.15) is 217 Å². The van der Waals surface area contributed by atoms with Gasteiger partial charge in [0, 0.05) is 23.5 Å². The van der Waals surface area contributed by atoms with E-state index >= 15 is 0 Å². The number of benzene rings is 2. The molecule has 62 heavy (non-hydrogen) atoms.